The molecule has 1 aromatic carbocycles. The van der Waals surface area contributed by atoms with Crippen molar-refractivity contribution in [3.8, 4) is 0 Å². The number of fused-ring (bicyclic) bond motifs is 1. The number of nitrogens with one attached hydrogen (secondary N) is 1. The second-order valence-electron chi connectivity index (χ2n) is 11.0. The summed E-state index contributed by atoms with van der Waals surface area (Å²) in [6.45, 7) is 10.2. The van der Waals surface area contributed by atoms with Crippen molar-refractivity contribution >= 4 is 40.8 Å². The quantitative estimate of drug-likeness (QED) is 0.332. The summed E-state index contributed by atoms with van der Waals surface area (Å²) in [5, 5.41) is 5.14. The molecule has 220 valence electrons. The number of nitrogens with zero attached hydrogens (tertiary/aromatic N) is 5. The minimum absolute atomic E-state index is 0.132. The summed E-state index contributed by atoms with van der Waals surface area (Å²) in [5.41, 5.74) is 1.67. The van der Waals surface area contributed by atoms with Crippen LogP contribution in [0.1, 0.15) is 61.0 Å². The Labute approximate surface area is 246 Å². The predicted molar refractivity (Wildman–Crippen MR) is 163 cm³/mol. The van der Waals surface area contributed by atoms with Gasteiger partial charge >= 0.3 is 6.09 Å². The zero-order chi connectivity index (χ0) is 29.6. The molecule has 4 rings (SSSR count). The average Bonchev–Trinajstić information content (AvgIpc) is 3.43. The van der Waals surface area contributed by atoms with Crippen molar-refractivity contribution < 1.29 is 19.1 Å². The van der Waals surface area contributed by atoms with Gasteiger partial charge in [-0.15, -0.1) is 11.3 Å². The first-order chi connectivity index (χ1) is 19.6. The summed E-state index contributed by atoms with van der Waals surface area (Å²) in [6, 6.07) is 11.9. The van der Waals surface area contributed by atoms with Gasteiger partial charge in [-0.2, -0.15) is 4.98 Å². The molecule has 0 fully saturated rings. The molecular weight excluding hydrogens is 540 g/mol. The Kier molecular flexibility index (Phi) is 9.82. The first-order valence-corrected chi connectivity index (χ1v) is 14.8. The number of carbonyl (C=O) groups is 2. The number of rotatable bonds is 10. The number of hydrogen-bond donors (Lipinski definition) is 1. The number of carbonyl (C=O) groups excluding carboxylic acids is 2. The molecule has 0 spiro atoms. The first kappa shape index (κ1) is 30.3. The Balaban J connectivity index is 1.45. The maximum atomic E-state index is 13.6. The monoisotopic (exact) mass is 580 g/mol. The summed E-state index contributed by atoms with van der Waals surface area (Å²) < 4.78 is 11.9. The third kappa shape index (κ3) is 7.95. The molecule has 2 aromatic heterocycles. The molecule has 1 aliphatic heterocycles. The van der Waals surface area contributed by atoms with Crippen molar-refractivity contribution in [1.29, 1.82) is 0 Å². The maximum Gasteiger partial charge on any atom is 0.410 e. The topological polar surface area (TPSA) is 100 Å². The van der Waals surface area contributed by atoms with E-state index in [2.05, 4.69) is 15.3 Å². The molecule has 41 heavy (non-hydrogen) atoms. The molecule has 11 heteroatoms. The van der Waals surface area contributed by atoms with Gasteiger partial charge in [-0.1, -0.05) is 18.2 Å². The number of aromatic nitrogens is 2. The molecule has 10 nitrogen and oxygen atoms in total. The second-order valence-corrected chi connectivity index (χ2v) is 12.0. The van der Waals surface area contributed by atoms with Crippen LogP contribution < -0.4 is 15.1 Å². The highest BCUT2D eigenvalue weighted by Gasteiger charge is 2.28. The zero-order valence-corrected chi connectivity index (χ0v) is 25.5. The van der Waals surface area contributed by atoms with Crippen LogP contribution in [-0.4, -0.2) is 72.7 Å². The molecule has 0 aliphatic carbocycles. The number of hydrogen-bond acceptors (Lipinski definition) is 9. The van der Waals surface area contributed by atoms with Crippen molar-refractivity contribution in [3.05, 3.63) is 64.0 Å². The van der Waals surface area contributed by atoms with Crippen LogP contribution in [0.15, 0.2) is 48.0 Å². The third-order valence-electron chi connectivity index (χ3n) is 6.57. The lowest BCUT2D eigenvalue weighted by molar-refractivity contribution is 0.0148. The van der Waals surface area contributed by atoms with E-state index in [1.54, 1.807) is 34.4 Å². The molecule has 0 saturated heterocycles. The minimum Gasteiger partial charge on any atom is -0.444 e. The van der Waals surface area contributed by atoms with Crippen LogP contribution in [0.4, 0.5) is 22.2 Å². The molecule has 2 amide bonds. The number of ether oxygens (including phenoxy) is 2. The van der Waals surface area contributed by atoms with Crippen LogP contribution >= 0.6 is 11.3 Å². The van der Waals surface area contributed by atoms with E-state index in [9.17, 15) is 9.59 Å². The first-order valence-electron chi connectivity index (χ1n) is 13.9. The fraction of sp³-hybridized carbons (Fsp3) is 0.467. The van der Waals surface area contributed by atoms with Crippen LogP contribution in [0.5, 0.6) is 0 Å². The van der Waals surface area contributed by atoms with E-state index in [4.69, 9.17) is 9.47 Å². The fourth-order valence-corrected chi connectivity index (χ4v) is 5.25. The summed E-state index contributed by atoms with van der Waals surface area (Å²) in [5.74, 6) is 1.00. The highest BCUT2D eigenvalue weighted by atomic mass is 32.1. The SMILES string of the molecule is CCNc1ncc2c(n1)N(C)CCN(c1cccc(CO[C@H](CCN(C)C(=O)OC(C)(C)C)c3cccs3)c1)C2=O. The van der Waals surface area contributed by atoms with Crippen molar-refractivity contribution in [2.45, 2.75) is 52.4 Å². The average molecular weight is 581 g/mol. The van der Waals surface area contributed by atoms with Crippen LogP contribution in [-0.2, 0) is 16.1 Å². The molecule has 1 aliphatic rings. The van der Waals surface area contributed by atoms with Gasteiger partial charge in [-0.25, -0.2) is 9.78 Å². The summed E-state index contributed by atoms with van der Waals surface area (Å²) in [7, 11) is 3.68. The second kappa shape index (κ2) is 13.3. The Bertz CT molecular complexity index is 1330. The molecule has 0 bridgehead atoms. The Hall–Kier alpha value is -3.70. The smallest absolute Gasteiger partial charge is 0.410 e. The van der Waals surface area contributed by atoms with Gasteiger partial charge in [0.15, 0.2) is 0 Å². The Morgan fingerprint density at radius 1 is 1.22 bits per heavy atom. The molecule has 0 radical (unpaired) electrons. The molecule has 3 aromatic rings. The van der Waals surface area contributed by atoms with E-state index in [1.807, 2.05) is 81.4 Å². The normalized spacial score (nSPS) is 14.3. The van der Waals surface area contributed by atoms with Gasteiger partial charge in [0, 0.05) is 57.0 Å². The highest BCUT2D eigenvalue weighted by molar-refractivity contribution is 7.10. The Morgan fingerprint density at radius 2 is 2.02 bits per heavy atom. The van der Waals surface area contributed by atoms with Crippen molar-refractivity contribution in [3.63, 3.8) is 0 Å². The number of thiophene rings is 1. The summed E-state index contributed by atoms with van der Waals surface area (Å²) >= 11 is 1.63. The van der Waals surface area contributed by atoms with Crippen molar-refractivity contribution in [2.75, 3.05) is 55.4 Å². The highest BCUT2D eigenvalue weighted by Crippen LogP contribution is 2.30. The van der Waals surface area contributed by atoms with Gasteiger partial charge < -0.3 is 29.5 Å². The molecule has 1 N–H and O–H groups in total. The standard InChI is InChI=1S/C30H40N6O4S/c1-7-31-28-32-19-23-26(33-28)34(5)15-16-36(27(23)37)22-11-8-10-21(18-22)20-39-24(25-12-9-17-41-25)13-14-35(6)29(38)40-30(2,3)4/h8-12,17-19,24H,7,13-16,20H2,1-6H3,(H,31,32,33)/t24-/m1/s1. The number of anilines is 3. The Morgan fingerprint density at radius 3 is 2.73 bits per heavy atom. The van der Waals surface area contributed by atoms with Crippen molar-refractivity contribution in [2.24, 2.45) is 0 Å². The fourth-order valence-electron chi connectivity index (χ4n) is 4.44. The van der Waals surface area contributed by atoms with Gasteiger partial charge in [-0.3, -0.25) is 4.79 Å². The van der Waals surface area contributed by atoms with E-state index in [-0.39, 0.29) is 18.1 Å². The van der Waals surface area contributed by atoms with Crippen molar-refractivity contribution in [1.82, 2.24) is 14.9 Å². The maximum absolute atomic E-state index is 13.6. The lowest BCUT2D eigenvalue weighted by Crippen LogP contribution is -2.35. The van der Waals surface area contributed by atoms with E-state index in [1.165, 1.54) is 0 Å². The van der Waals surface area contributed by atoms with Crippen LogP contribution in [0, 0.1) is 0 Å². The predicted octanol–water partition coefficient (Wildman–Crippen LogP) is 5.58. The largest absolute Gasteiger partial charge is 0.444 e. The van der Waals surface area contributed by atoms with Gasteiger partial charge in [-0.05, 0) is 63.3 Å². The van der Waals surface area contributed by atoms with Crippen LogP contribution in [0.3, 0.4) is 0 Å². The minimum atomic E-state index is -0.547. The lowest BCUT2D eigenvalue weighted by Gasteiger charge is -2.26. The molecular formula is C30H40N6O4S. The summed E-state index contributed by atoms with van der Waals surface area (Å²) in [4.78, 5) is 41.4. The lowest BCUT2D eigenvalue weighted by atomic mass is 10.1. The molecule has 0 unspecified atom stereocenters. The van der Waals surface area contributed by atoms with Gasteiger partial charge in [0.2, 0.25) is 5.95 Å². The number of likely N-dealkylation sites (N-methyl/N-ethyl adjacent to an activating group) is 1. The number of amides is 2. The molecule has 1 atom stereocenters. The van der Waals surface area contributed by atoms with Gasteiger partial charge in [0.25, 0.3) is 5.91 Å². The third-order valence-corrected chi connectivity index (χ3v) is 7.53. The van der Waals surface area contributed by atoms with Gasteiger partial charge in [0.1, 0.15) is 17.0 Å². The number of benzene rings is 1. The molecule has 3 heterocycles. The van der Waals surface area contributed by atoms with Gasteiger partial charge in [0.05, 0.1) is 12.7 Å². The van der Waals surface area contributed by atoms with E-state index < -0.39 is 5.60 Å². The van der Waals surface area contributed by atoms with E-state index in [0.29, 0.717) is 56.5 Å². The van der Waals surface area contributed by atoms with Crippen LogP contribution in [0.25, 0.3) is 0 Å². The zero-order valence-electron chi connectivity index (χ0n) is 24.7. The van der Waals surface area contributed by atoms with E-state index >= 15 is 0 Å². The summed E-state index contributed by atoms with van der Waals surface area (Å²) in [6.07, 6.45) is 1.68. The molecule has 0 saturated carbocycles. The van der Waals surface area contributed by atoms with Crippen LogP contribution in [0.2, 0.25) is 0 Å². The van der Waals surface area contributed by atoms with E-state index in [0.717, 1.165) is 16.1 Å².